The van der Waals surface area contributed by atoms with Crippen molar-refractivity contribution in [1.82, 2.24) is 29.0 Å². The van der Waals surface area contributed by atoms with Gasteiger partial charge in [0.2, 0.25) is 10.0 Å². The van der Waals surface area contributed by atoms with Gasteiger partial charge in [0.05, 0.1) is 35.3 Å². The predicted molar refractivity (Wildman–Crippen MR) is 138 cm³/mol. The van der Waals surface area contributed by atoms with Crippen LogP contribution in [0.5, 0.6) is 0 Å². The number of aromatic amines is 1. The monoisotopic (exact) mass is 509 g/mol. The van der Waals surface area contributed by atoms with Gasteiger partial charge in [-0.1, -0.05) is 36.4 Å². The van der Waals surface area contributed by atoms with Crippen molar-refractivity contribution in [2.75, 3.05) is 6.54 Å². The average Bonchev–Trinajstić information content (AvgIpc) is 3.61. The highest BCUT2D eigenvalue weighted by molar-refractivity contribution is 7.89. The van der Waals surface area contributed by atoms with Gasteiger partial charge in [0.15, 0.2) is 0 Å². The fraction of sp³-hybridized carbons (Fsp3) is 0.185. The normalized spacial score (nSPS) is 14.8. The van der Waals surface area contributed by atoms with Crippen LogP contribution in [0.2, 0.25) is 0 Å². The first-order valence-corrected chi connectivity index (χ1v) is 13.3. The molecule has 1 aliphatic rings. The molecule has 0 amide bonds. The van der Waals surface area contributed by atoms with Gasteiger partial charge in [0.25, 0.3) is 0 Å². The Labute approximate surface area is 214 Å². The number of sulfonamides is 1. The highest BCUT2D eigenvalue weighted by Gasteiger charge is 2.29. The van der Waals surface area contributed by atoms with Crippen LogP contribution in [-0.4, -0.2) is 44.0 Å². The maximum Gasteiger partial charge on any atom is 0.243 e. The topological polar surface area (TPSA) is 121 Å². The van der Waals surface area contributed by atoms with Gasteiger partial charge in [-0.3, -0.25) is 4.68 Å². The third kappa shape index (κ3) is 4.28. The lowest BCUT2D eigenvalue weighted by Gasteiger charge is -2.28. The Kier molecular flexibility index (Phi) is 5.79. The molecule has 37 heavy (non-hydrogen) atoms. The lowest BCUT2D eigenvalue weighted by atomic mass is 10.0. The maximum atomic E-state index is 13.5. The number of fused-ring (bicyclic) bond motifs is 2. The molecule has 0 saturated heterocycles. The standard InChI is InChI=1S/C27H23N7O2S/c28-13-22(15-33-16-23(14-32-33)26-25-8-10-29-27(25)31-18-30-26)20-6-3-7-24(12-20)37(35,36)34-11-9-19-4-1-2-5-21(19)17-34/h1-8,10,12,14,16,18,22H,9,11,15,17H2,(H,29,30,31). The van der Waals surface area contributed by atoms with Crippen LogP contribution in [0.3, 0.4) is 0 Å². The van der Waals surface area contributed by atoms with E-state index in [-0.39, 0.29) is 11.4 Å². The molecule has 0 aliphatic carbocycles. The van der Waals surface area contributed by atoms with Gasteiger partial charge in [0.1, 0.15) is 12.0 Å². The molecular formula is C27H23N7O2S. The second-order valence-corrected chi connectivity index (χ2v) is 11.0. The van der Waals surface area contributed by atoms with E-state index in [1.807, 2.05) is 42.7 Å². The largest absolute Gasteiger partial charge is 0.346 e. The second kappa shape index (κ2) is 9.28. The summed E-state index contributed by atoms with van der Waals surface area (Å²) in [4.78, 5) is 11.9. The highest BCUT2D eigenvalue weighted by atomic mass is 32.2. The van der Waals surface area contributed by atoms with Crippen LogP contribution in [0.1, 0.15) is 22.6 Å². The number of H-pyrrole nitrogens is 1. The Bertz CT molecular complexity index is 1750. The number of hydrogen-bond donors (Lipinski definition) is 1. The third-order valence-electron chi connectivity index (χ3n) is 6.78. The van der Waals surface area contributed by atoms with Crippen LogP contribution in [0.4, 0.5) is 0 Å². The molecule has 184 valence electrons. The van der Waals surface area contributed by atoms with Crippen molar-refractivity contribution in [3.8, 4) is 17.3 Å². The van der Waals surface area contributed by atoms with Gasteiger partial charge in [0, 0.05) is 36.4 Å². The molecule has 1 N–H and O–H groups in total. The van der Waals surface area contributed by atoms with Crippen LogP contribution in [0.25, 0.3) is 22.3 Å². The Balaban J connectivity index is 1.24. The zero-order valence-corrected chi connectivity index (χ0v) is 20.6. The highest BCUT2D eigenvalue weighted by Crippen LogP contribution is 2.28. The van der Waals surface area contributed by atoms with E-state index in [0.29, 0.717) is 25.1 Å². The summed E-state index contributed by atoms with van der Waals surface area (Å²) in [7, 11) is -3.70. The SMILES string of the molecule is N#CC(Cn1cc(-c2ncnc3[nH]ccc23)cn1)c1cccc(S(=O)(=O)N2CCc3ccccc3C2)c1. The molecule has 1 unspecified atom stereocenters. The fourth-order valence-corrected chi connectivity index (χ4v) is 6.29. The van der Waals surface area contributed by atoms with E-state index < -0.39 is 15.9 Å². The van der Waals surface area contributed by atoms with Gasteiger partial charge in [-0.15, -0.1) is 0 Å². The fourth-order valence-electron chi connectivity index (χ4n) is 4.81. The van der Waals surface area contributed by atoms with E-state index >= 15 is 0 Å². The van der Waals surface area contributed by atoms with E-state index in [2.05, 4.69) is 26.1 Å². The number of nitrogens with one attached hydrogen (secondary N) is 1. The summed E-state index contributed by atoms with van der Waals surface area (Å²) in [6.07, 6.45) is 7.53. The third-order valence-corrected chi connectivity index (χ3v) is 8.62. The summed E-state index contributed by atoms with van der Waals surface area (Å²) >= 11 is 0. The molecule has 0 radical (unpaired) electrons. The van der Waals surface area contributed by atoms with Crippen molar-refractivity contribution in [2.24, 2.45) is 0 Å². The Morgan fingerprint density at radius 1 is 1.08 bits per heavy atom. The molecule has 0 fully saturated rings. The molecule has 10 heteroatoms. The molecule has 5 aromatic rings. The van der Waals surface area contributed by atoms with Gasteiger partial charge < -0.3 is 4.98 Å². The lowest BCUT2D eigenvalue weighted by Crippen LogP contribution is -2.36. The number of rotatable bonds is 6. The Hall–Kier alpha value is -4.33. The van der Waals surface area contributed by atoms with Crippen molar-refractivity contribution >= 4 is 21.1 Å². The van der Waals surface area contributed by atoms with Crippen LogP contribution < -0.4 is 0 Å². The molecule has 9 nitrogen and oxygen atoms in total. The number of hydrogen-bond acceptors (Lipinski definition) is 6. The van der Waals surface area contributed by atoms with Crippen molar-refractivity contribution in [1.29, 1.82) is 5.26 Å². The minimum Gasteiger partial charge on any atom is -0.346 e. The Morgan fingerprint density at radius 2 is 1.95 bits per heavy atom. The summed E-state index contributed by atoms with van der Waals surface area (Å²) in [6.45, 7) is 1.05. The molecule has 3 aromatic heterocycles. The summed E-state index contributed by atoms with van der Waals surface area (Å²) in [5.74, 6) is -0.581. The Morgan fingerprint density at radius 3 is 2.81 bits per heavy atom. The van der Waals surface area contributed by atoms with Crippen molar-refractivity contribution in [3.05, 3.63) is 96.2 Å². The average molecular weight is 510 g/mol. The first kappa shape index (κ1) is 23.1. The number of aromatic nitrogens is 5. The molecule has 2 aromatic carbocycles. The van der Waals surface area contributed by atoms with Crippen LogP contribution in [0.15, 0.2) is 84.4 Å². The van der Waals surface area contributed by atoms with E-state index in [1.165, 1.54) is 16.2 Å². The quantitative estimate of drug-likeness (QED) is 0.371. The van der Waals surface area contributed by atoms with Crippen molar-refractivity contribution < 1.29 is 8.42 Å². The zero-order valence-electron chi connectivity index (χ0n) is 19.8. The lowest BCUT2D eigenvalue weighted by molar-refractivity contribution is 0.391. The minimum atomic E-state index is -3.70. The molecule has 0 saturated carbocycles. The summed E-state index contributed by atoms with van der Waals surface area (Å²) in [5.41, 5.74) is 5.15. The summed E-state index contributed by atoms with van der Waals surface area (Å²) in [5, 5.41) is 15.3. The van der Waals surface area contributed by atoms with Gasteiger partial charge in [-0.2, -0.15) is 14.7 Å². The number of benzene rings is 2. The van der Waals surface area contributed by atoms with Gasteiger partial charge in [-0.05, 0) is 41.3 Å². The molecule has 1 atom stereocenters. The van der Waals surface area contributed by atoms with Crippen molar-refractivity contribution in [3.63, 3.8) is 0 Å². The van der Waals surface area contributed by atoms with Crippen molar-refractivity contribution in [2.45, 2.75) is 30.3 Å². The molecule has 0 bridgehead atoms. The maximum absolute atomic E-state index is 13.5. The minimum absolute atomic E-state index is 0.196. The summed E-state index contributed by atoms with van der Waals surface area (Å²) in [6, 6.07) is 18.8. The first-order chi connectivity index (χ1) is 18.0. The van der Waals surface area contributed by atoms with Gasteiger partial charge >= 0.3 is 0 Å². The molecule has 4 heterocycles. The van der Waals surface area contributed by atoms with E-state index in [0.717, 1.165) is 27.9 Å². The zero-order chi connectivity index (χ0) is 25.4. The van der Waals surface area contributed by atoms with E-state index in [1.54, 1.807) is 35.1 Å². The van der Waals surface area contributed by atoms with Crippen LogP contribution in [0, 0.1) is 11.3 Å². The van der Waals surface area contributed by atoms with Crippen LogP contribution >= 0.6 is 0 Å². The smallest absolute Gasteiger partial charge is 0.243 e. The van der Waals surface area contributed by atoms with E-state index in [9.17, 15) is 13.7 Å². The first-order valence-electron chi connectivity index (χ1n) is 11.9. The number of nitriles is 1. The van der Waals surface area contributed by atoms with E-state index in [4.69, 9.17) is 0 Å². The molecule has 1 aliphatic heterocycles. The number of nitrogens with zero attached hydrogens (tertiary/aromatic N) is 6. The van der Waals surface area contributed by atoms with Gasteiger partial charge in [-0.25, -0.2) is 18.4 Å². The molecular weight excluding hydrogens is 486 g/mol. The molecule has 0 spiro atoms. The summed E-state index contributed by atoms with van der Waals surface area (Å²) < 4.78 is 30.1. The molecule has 6 rings (SSSR count). The predicted octanol–water partition coefficient (Wildman–Crippen LogP) is 3.88. The second-order valence-electron chi connectivity index (χ2n) is 9.02. The van der Waals surface area contributed by atoms with Crippen LogP contribution in [-0.2, 0) is 29.5 Å².